The summed E-state index contributed by atoms with van der Waals surface area (Å²) in [4.78, 5) is 15.8. The first kappa shape index (κ1) is 12.9. The van der Waals surface area contributed by atoms with Crippen molar-refractivity contribution >= 4 is 44.8 Å². The van der Waals surface area contributed by atoms with Gasteiger partial charge in [0.15, 0.2) is 0 Å². The summed E-state index contributed by atoms with van der Waals surface area (Å²) >= 11 is 9.31. The van der Waals surface area contributed by atoms with Crippen molar-refractivity contribution in [2.75, 3.05) is 11.1 Å². The molecule has 1 aromatic heterocycles. The Balaban J connectivity index is 2.24. The van der Waals surface area contributed by atoms with Crippen molar-refractivity contribution in [2.45, 2.75) is 0 Å². The molecule has 0 aliphatic rings. The molecule has 0 bridgehead atoms. The van der Waals surface area contributed by atoms with E-state index in [-0.39, 0.29) is 5.91 Å². The van der Waals surface area contributed by atoms with Gasteiger partial charge in [0.2, 0.25) is 0 Å². The van der Waals surface area contributed by atoms with Crippen LogP contribution in [0.1, 0.15) is 10.4 Å². The Bertz CT molecular complexity index is 604. The van der Waals surface area contributed by atoms with Crippen LogP contribution in [0, 0.1) is 0 Å². The van der Waals surface area contributed by atoms with E-state index in [1.54, 1.807) is 24.3 Å². The molecule has 0 spiro atoms. The van der Waals surface area contributed by atoms with Crippen molar-refractivity contribution in [3.63, 3.8) is 0 Å². The Morgan fingerprint density at radius 1 is 1.39 bits per heavy atom. The van der Waals surface area contributed by atoms with E-state index >= 15 is 0 Å². The maximum absolute atomic E-state index is 12.0. The van der Waals surface area contributed by atoms with Gasteiger partial charge in [-0.1, -0.05) is 27.5 Å². The summed E-state index contributed by atoms with van der Waals surface area (Å²) in [6.45, 7) is 0. The topological polar surface area (TPSA) is 68.0 Å². The second kappa shape index (κ2) is 5.37. The number of amides is 1. The Morgan fingerprint density at radius 3 is 2.83 bits per heavy atom. The molecule has 2 aromatic rings. The summed E-state index contributed by atoms with van der Waals surface area (Å²) in [7, 11) is 0. The van der Waals surface area contributed by atoms with Crippen molar-refractivity contribution < 1.29 is 4.79 Å². The predicted octanol–water partition coefficient (Wildman–Crippen LogP) is 3.33. The van der Waals surface area contributed by atoms with E-state index in [1.165, 1.54) is 12.4 Å². The molecular formula is C12H9BrClN3O. The Morgan fingerprint density at radius 2 is 2.17 bits per heavy atom. The molecule has 0 atom stereocenters. The molecule has 0 radical (unpaired) electrons. The molecule has 1 amide bonds. The molecular weight excluding hydrogens is 318 g/mol. The van der Waals surface area contributed by atoms with Gasteiger partial charge in [-0.05, 0) is 24.3 Å². The fourth-order valence-corrected chi connectivity index (χ4v) is 2.11. The van der Waals surface area contributed by atoms with E-state index in [4.69, 9.17) is 17.3 Å². The minimum absolute atomic E-state index is 0.320. The van der Waals surface area contributed by atoms with Crippen molar-refractivity contribution in [1.29, 1.82) is 0 Å². The van der Waals surface area contributed by atoms with Crippen LogP contribution in [-0.4, -0.2) is 10.9 Å². The second-order valence-electron chi connectivity index (χ2n) is 3.54. The fourth-order valence-electron chi connectivity index (χ4n) is 1.39. The average molecular weight is 327 g/mol. The minimum Gasteiger partial charge on any atom is -0.397 e. The first-order chi connectivity index (χ1) is 8.58. The van der Waals surface area contributed by atoms with E-state index in [0.29, 0.717) is 22.0 Å². The number of pyridine rings is 1. The van der Waals surface area contributed by atoms with Crippen LogP contribution in [0.2, 0.25) is 5.02 Å². The van der Waals surface area contributed by atoms with Gasteiger partial charge in [0.1, 0.15) is 0 Å². The smallest absolute Gasteiger partial charge is 0.257 e. The molecule has 0 aliphatic carbocycles. The zero-order valence-electron chi connectivity index (χ0n) is 9.15. The normalized spacial score (nSPS) is 10.1. The van der Waals surface area contributed by atoms with Crippen LogP contribution in [0.3, 0.4) is 0 Å². The molecule has 2 rings (SSSR count). The molecule has 18 heavy (non-hydrogen) atoms. The van der Waals surface area contributed by atoms with E-state index in [0.717, 1.165) is 4.47 Å². The highest BCUT2D eigenvalue weighted by Crippen LogP contribution is 2.26. The molecule has 6 heteroatoms. The number of nitrogen functional groups attached to an aromatic ring is 1. The lowest BCUT2D eigenvalue weighted by Crippen LogP contribution is -2.14. The van der Waals surface area contributed by atoms with Crippen molar-refractivity contribution in [2.24, 2.45) is 0 Å². The van der Waals surface area contributed by atoms with Gasteiger partial charge in [0.25, 0.3) is 5.91 Å². The molecule has 0 saturated carbocycles. The number of aromatic nitrogens is 1. The first-order valence-corrected chi connectivity index (χ1v) is 6.21. The average Bonchev–Trinajstić information content (AvgIpc) is 2.33. The number of nitrogens with one attached hydrogen (secondary N) is 1. The van der Waals surface area contributed by atoms with E-state index in [2.05, 4.69) is 26.2 Å². The van der Waals surface area contributed by atoms with Crippen LogP contribution in [0.25, 0.3) is 0 Å². The van der Waals surface area contributed by atoms with Crippen LogP contribution in [-0.2, 0) is 0 Å². The third-order valence-corrected chi connectivity index (χ3v) is 3.08. The predicted molar refractivity (Wildman–Crippen MR) is 75.8 cm³/mol. The van der Waals surface area contributed by atoms with Gasteiger partial charge < -0.3 is 11.1 Å². The zero-order chi connectivity index (χ0) is 13.1. The quantitative estimate of drug-likeness (QED) is 0.889. The number of nitrogens with zero attached hydrogens (tertiary/aromatic N) is 1. The number of benzene rings is 1. The minimum atomic E-state index is -0.320. The van der Waals surface area contributed by atoms with Crippen LogP contribution in [0.4, 0.5) is 11.4 Å². The Labute approximate surface area is 117 Å². The van der Waals surface area contributed by atoms with Crippen molar-refractivity contribution in [3.8, 4) is 0 Å². The molecule has 1 aromatic carbocycles. The SMILES string of the molecule is Nc1cnccc1C(=O)Nc1ccc(Br)cc1Cl. The second-order valence-corrected chi connectivity index (χ2v) is 4.86. The van der Waals surface area contributed by atoms with Gasteiger partial charge in [-0.15, -0.1) is 0 Å². The highest BCUT2D eigenvalue weighted by atomic mass is 79.9. The molecule has 1 heterocycles. The lowest BCUT2D eigenvalue weighted by Gasteiger charge is -2.08. The van der Waals surface area contributed by atoms with Crippen LogP contribution in [0.15, 0.2) is 41.1 Å². The first-order valence-electron chi connectivity index (χ1n) is 5.04. The molecule has 92 valence electrons. The molecule has 0 saturated heterocycles. The van der Waals surface area contributed by atoms with Gasteiger partial charge in [-0.2, -0.15) is 0 Å². The number of hydrogen-bond donors (Lipinski definition) is 2. The molecule has 0 unspecified atom stereocenters. The highest BCUT2D eigenvalue weighted by Gasteiger charge is 2.11. The lowest BCUT2D eigenvalue weighted by molar-refractivity contribution is 0.102. The highest BCUT2D eigenvalue weighted by molar-refractivity contribution is 9.10. The summed E-state index contributed by atoms with van der Waals surface area (Å²) in [5, 5.41) is 3.14. The Kier molecular flexibility index (Phi) is 3.84. The summed E-state index contributed by atoms with van der Waals surface area (Å²) in [5.41, 5.74) is 6.89. The lowest BCUT2D eigenvalue weighted by atomic mass is 10.2. The molecule has 0 aliphatic heterocycles. The number of hydrogen-bond acceptors (Lipinski definition) is 3. The van der Waals surface area contributed by atoms with Crippen LogP contribution >= 0.6 is 27.5 Å². The fraction of sp³-hybridized carbons (Fsp3) is 0. The van der Waals surface area contributed by atoms with Gasteiger partial charge >= 0.3 is 0 Å². The van der Waals surface area contributed by atoms with E-state index < -0.39 is 0 Å². The number of carbonyl (C=O) groups is 1. The van der Waals surface area contributed by atoms with E-state index in [9.17, 15) is 4.79 Å². The molecule has 4 nitrogen and oxygen atoms in total. The van der Waals surface area contributed by atoms with Gasteiger partial charge in [0, 0.05) is 10.7 Å². The third-order valence-electron chi connectivity index (χ3n) is 2.28. The summed E-state index contributed by atoms with van der Waals surface area (Å²) in [5.74, 6) is -0.320. The maximum atomic E-state index is 12.0. The van der Waals surface area contributed by atoms with Crippen molar-refractivity contribution in [3.05, 3.63) is 51.7 Å². The standard InChI is InChI=1S/C12H9BrClN3O/c13-7-1-2-11(9(14)5-7)17-12(18)8-3-4-16-6-10(8)15/h1-6H,15H2,(H,17,18). The number of halogens is 2. The number of anilines is 2. The van der Waals surface area contributed by atoms with Gasteiger partial charge in [-0.25, -0.2) is 0 Å². The van der Waals surface area contributed by atoms with Crippen LogP contribution in [0.5, 0.6) is 0 Å². The summed E-state index contributed by atoms with van der Waals surface area (Å²) in [6.07, 6.45) is 2.94. The monoisotopic (exact) mass is 325 g/mol. The van der Waals surface area contributed by atoms with E-state index in [1.807, 2.05) is 0 Å². The Hall–Kier alpha value is -1.59. The van der Waals surface area contributed by atoms with Gasteiger partial charge in [0.05, 0.1) is 28.2 Å². The van der Waals surface area contributed by atoms with Crippen molar-refractivity contribution in [1.82, 2.24) is 4.98 Å². The number of rotatable bonds is 2. The maximum Gasteiger partial charge on any atom is 0.257 e. The number of nitrogens with two attached hydrogens (primary N) is 1. The van der Waals surface area contributed by atoms with Crippen LogP contribution < -0.4 is 11.1 Å². The largest absolute Gasteiger partial charge is 0.397 e. The third kappa shape index (κ3) is 2.80. The molecule has 3 N–H and O–H groups in total. The molecule has 0 fully saturated rings. The van der Waals surface area contributed by atoms with Gasteiger partial charge in [-0.3, -0.25) is 9.78 Å². The summed E-state index contributed by atoms with van der Waals surface area (Å²) < 4.78 is 0.842. The zero-order valence-corrected chi connectivity index (χ0v) is 11.5. The number of carbonyl (C=O) groups excluding carboxylic acids is 1. The summed E-state index contributed by atoms with van der Waals surface area (Å²) in [6, 6.07) is 6.75.